The standard InChI is InChI=1S/C14H14ClN3O2/c15-11-5-9(14(19)20)6-18-12(16-17-13(11)18)10-4-7-1-2-8(10)3-7/h5-8,10H,1-4H2,(H,19,20). The van der Waals surface area contributed by atoms with Crippen molar-refractivity contribution in [2.75, 3.05) is 0 Å². The summed E-state index contributed by atoms with van der Waals surface area (Å²) < 4.78 is 1.77. The molecule has 2 fully saturated rings. The van der Waals surface area contributed by atoms with Gasteiger partial charge in [0.25, 0.3) is 0 Å². The molecule has 2 aromatic rings. The first-order valence-corrected chi connectivity index (χ1v) is 7.28. The number of carboxylic acid groups (broad SMARTS) is 1. The van der Waals surface area contributed by atoms with Crippen LogP contribution in [0.3, 0.4) is 0 Å². The van der Waals surface area contributed by atoms with Gasteiger partial charge in [0.2, 0.25) is 0 Å². The lowest BCUT2D eigenvalue weighted by Gasteiger charge is -2.19. The van der Waals surface area contributed by atoms with Crippen LogP contribution in [-0.4, -0.2) is 25.7 Å². The maximum Gasteiger partial charge on any atom is 0.337 e. The predicted octanol–water partition coefficient (Wildman–Crippen LogP) is 2.98. The van der Waals surface area contributed by atoms with Crippen molar-refractivity contribution in [1.82, 2.24) is 14.6 Å². The highest BCUT2D eigenvalue weighted by molar-refractivity contribution is 6.33. The number of hydrogen-bond acceptors (Lipinski definition) is 3. The summed E-state index contributed by atoms with van der Waals surface area (Å²) in [4.78, 5) is 11.2. The molecule has 0 aromatic carbocycles. The Balaban J connectivity index is 1.86. The topological polar surface area (TPSA) is 67.5 Å². The van der Waals surface area contributed by atoms with Gasteiger partial charge in [0.15, 0.2) is 5.65 Å². The Morgan fingerprint density at radius 3 is 2.85 bits per heavy atom. The number of rotatable bonds is 2. The Labute approximate surface area is 120 Å². The van der Waals surface area contributed by atoms with Gasteiger partial charge in [-0.3, -0.25) is 4.40 Å². The van der Waals surface area contributed by atoms with Crippen molar-refractivity contribution in [3.8, 4) is 0 Å². The molecule has 2 aromatic heterocycles. The number of carboxylic acids is 1. The summed E-state index contributed by atoms with van der Waals surface area (Å²) in [7, 11) is 0. The first-order chi connectivity index (χ1) is 9.63. The van der Waals surface area contributed by atoms with Crippen molar-refractivity contribution in [2.24, 2.45) is 11.8 Å². The van der Waals surface area contributed by atoms with Crippen LogP contribution in [0.5, 0.6) is 0 Å². The minimum atomic E-state index is -0.985. The van der Waals surface area contributed by atoms with Gasteiger partial charge in [-0.1, -0.05) is 18.0 Å². The summed E-state index contributed by atoms with van der Waals surface area (Å²) in [6.07, 6.45) is 6.56. The summed E-state index contributed by atoms with van der Waals surface area (Å²) in [6, 6.07) is 1.43. The molecule has 2 heterocycles. The quantitative estimate of drug-likeness (QED) is 0.923. The summed E-state index contributed by atoms with van der Waals surface area (Å²) in [5, 5.41) is 17.9. The Morgan fingerprint density at radius 1 is 1.35 bits per heavy atom. The molecule has 3 atom stereocenters. The van der Waals surface area contributed by atoms with E-state index in [1.54, 1.807) is 10.6 Å². The zero-order valence-electron chi connectivity index (χ0n) is 10.8. The minimum absolute atomic E-state index is 0.173. The fraction of sp³-hybridized carbons (Fsp3) is 0.500. The van der Waals surface area contributed by atoms with Crippen molar-refractivity contribution >= 4 is 23.2 Å². The highest BCUT2D eigenvalue weighted by atomic mass is 35.5. The third-order valence-corrected chi connectivity index (χ3v) is 5.08. The molecule has 2 aliphatic carbocycles. The molecule has 20 heavy (non-hydrogen) atoms. The maximum absolute atomic E-state index is 11.2. The van der Waals surface area contributed by atoms with Crippen molar-refractivity contribution < 1.29 is 9.90 Å². The van der Waals surface area contributed by atoms with E-state index in [-0.39, 0.29) is 5.56 Å². The van der Waals surface area contributed by atoms with Gasteiger partial charge in [0, 0.05) is 12.1 Å². The molecule has 0 radical (unpaired) electrons. The monoisotopic (exact) mass is 291 g/mol. The van der Waals surface area contributed by atoms with Crippen LogP contribution in [-0.2, 0) is 0 Å². The Bertz CT molecular complexity index is 712. The molecule has 2 aliphatic rings. The van der Waals surface area contributed by atoms with E-state index in [0.29, 0.717) is 22.5 Å². The highest BCUT2D eigenvalue weighted by Crippen LogP contribution is 2.52. The van der Waals surface area contributed by atoms with E-state index in [9.17, 15) is 4.79 Å². The number of hydrogen-bond donors (Lipinski definition) is 1. The Hall–Kier alpha value is -1.62. The van der Waals surface area contributed by atoms with E-state index in [4.69, 9.17) is 16.7 Å². The minimum Gasteiger partial charge on any atom is -0.478 e. The summed E-state index contributed by atoms with van der Waals surface area (Å²) in [5.41, 5.74) is 0.723. The average Bonchev–Trinajstić information content (AvgIpc) is 3.12. The first-order valence-electron chi connectivity index (χ1n) is 6.91. The highest BCUT2D eigenvalue weighted by Gasteiger charge is 2.42. The number of carbonyl (C=O) groups is 1. The molecular formula is C14H14ClN3O2. The molecule has 1 N–H and O–H groups in total. The van der Waals surface area contributed by atoms with E-state index >= 15 is 0 Å². The molecule has 104 valence electrons. The SMILES string of the molecule is O=C(O)c1cc(Cl)c2nnc(C3CC4CCC3C4)n2c1. The number of aromatic nitrogens is 3. The van der Waals surface area contributed by atoms with E-state index in [1.807, 2.05) is 0 Å². The van der Waals surface area contributed by atoms with E-state index in [1.165, 1.54) is 25.3 Å². The van der Waals surface area contributed by atoms with Gasteiger partial charge in [0.05, 0.1) is 10.6 Å². The second-order valence-corrected chi connectivity index (χ2v) is 6.32. The molecule has 0 spiro atoms. The van der Waals surface area contributed by atoms with Gasteiger partial charge in [-0.15, -0.1) is 10.2 Å². The average molecular weight is 292 g/mol. The summed E-state index contributed by atoms with van der Waals surface area (Å²) in [5.74, 6) is 1.75. The van der Waals surface area contributed by atoms with Crippen molar-refractivity contribution in [2.45, 2.75) is 31.6 Å². The smallest absolute Gasteiger partial charge is 0.337 e. The Kier molecular flexibility index (Phi) is 2.54. The third-order valence-electron chi connectivity index (χ3n) is 4.80. The molecule has 2 saturated carbocycles. The van der Waals surface area contributed by atoms with Crippen LogP contribution in [0.1, 0.15) is 47.8 Å². The number of halogens is 1. The van der Waals surface area contributed by atoms with Crippen molar-refractivity contribution in [3.05, 3.63) is 28.7 Å². The summed E-state index contributed by atoms with van der Waals surface area (Å²) >= 11 is 6.12. The summed E-state index contributed by atoms with van der Waals surface area (Å²) in [6.45, 7) is 0. The van der Waals surface area contributed by atoms with Crippen LogP contribution in [0, 0.1) is 11.8 Å². The Morgan fingerprint density at radius 2 is 2.20 bits per heavy atom. The fourth-order valence-electron chi connectivity index (χ4n) is 3.90. The van der Waals surface area contributed by atoms with E-state index < -0.39 is 5.97 Å². The number of fused-ring (bicyclic) bond motifs is 3. The van der Waals surface area contributed by atoms with Crippen LogP contribution in [0.2, 0.25) is 5.02 Å². The lowest BCUT2D eigenvalue weighted by Crippen LogP contribution is -2.12. The van der Waals surface area contributed by atoms with Gasteiger partial charge in [-0.25, -0.2) is 4.79 Å². The normalized spacial score (nSPS) is 28.4. The molecule has 2 bridgehead atoms. The maximum atomic E-state index is 11.2. The number of nitrogens with zero attached hydrogens (tertiary/aromatic N) is 3. The zero-order chi connectivity index (χ0) is 13.9. The molecule has 3 unspecified atom stereocenters. The lowest BCUT2D eigenvalue weighted by atomic mass is 9.88. The molecule has 6 heteroatoms. The van der Waals surface area contributed by atoms with Crippen LogP contribution < -0.4 is 0 Å². The van der Waals surface area contributed by atoms with Gasteiger partial charge >= 0.3 is 5.97 Å². The molecule has 0 saturated heterocycles. The van der Waals surface area contributed by atoms with Gasteiger partial charge in [-0.2, -0.15) is 0 Å². The molecule has 0 amide bonds. The third kappa shape index (κ3) is 1.66. The zero-order valence-corrected chi connectivity index (χ0v) is 11.5. The van der Waals surface area contributed by atoms with Gasteiger partial charge in [-0.05, 0) is 37.2 Å². The largest absolute Gasteiger partial charge is 0.478 e. The van der Waals surface area contributed by atoms with E-state index in [2.05, 4.69) is 10.2 Å². The molecule has 5 nitrogen and oxygen atoms in total. The second-order valence-electron chi connectivity index (χ2n) is 5.92. The van der Waals surface area contributed by atoms with Gasteiger partial charge in [0.1, 0.15) is 5.82 Å². The van der Waals surface area contributed by atoms with Crippen molar-refractivity contribution in [3.63, 3.8) is 0 Å². The second kappa shape index (κ2) is 4.19. The fourth-order valence-corrected chi connectivity index (χ4v) is 4.15. The predicted molar refractivity (Wildman–Crippen MR) is 73.1 cm³/mol. The van der Waals surface area contributed by atoms with Crippen LogP contribution in [0.25, 0.3) is 5.65 Å². The van der Waals surface area contributed by atoms with Crippen molar-refractivity contribution in [1.29, 1.82) is 0 Å². The van der Waals surface area contributed by atoms with Crippen LogP contribution >= 0.6 is 11.6 Å². The van der Waals surface area contributed by atoms with Crippen LogP contribution in [0.15, 0.2) is 12.3 Å². The molecular weight excluding hydrogens is 278 g/mol. The number of aromatic carboxylic acids is 1. The van der Waals surface area contributed by atoms with Crippen LogP contribution in [0.4, 0.5) is 0 Å². The molecule has 4 rings (SSSR count). The first kappa shape index (κ1) is 12.1. The van der Waals surface area contributed by atoms with Gasteiger partial charge < -0.3 is 5.11 Å². The molecule has 0 aliphatic heterocycles. The lowest BCUT2D eigenvalue weighted by molar-refractivity contribution is 0.0696. The van der Waals surface area contributed by atoms with E-state index in [0.717, 1.165) is 18.2 Å². The number of pyridine rings is 1.